The number of hydrogen-bond donors (Lipinski definition) is 2. The lowest BCUT2D eigenvalue weighted by Gasteiger charge is -2.11. The highest BCUT2D eigenvalue weighted by Crippen LogP contribution is 2.12. The van der Waals surface area contributed by atoms with Gasteiger partial charge in [0.05, 0.1) is 17.5 Å². The second-order valence-corrected chi connectivity index (χ2v) is 5.43. The van der Waals surface area contributed by atoms with Crippen molar-refractivity contribution in [3.63, 3.8) is 0 Å². The number of aliphatic hydroxyl groups excluding tert-OH is 1. The molecule has 1 atom stereocenters. The second-order valence-electron chi connectivity index (χ2n) is 5.43. The van der Waals surface area contributed by atoms with Crippen LogP contribution in [0.3, 0.4) is 0 Å². The monoisotopic (exact) mass is 267 g/mol. The third-order valence-electron chi connectivity index (χ3n) is 2.99. The maximum Gasteiger partial charge on any atom is 0.254 e. The first kappa shape index (κ1) is 15.7. The summed E-state index contributed by atoms with van der Waals surface area (Å²) in [4.78, 5) is 12.1. The van der Waals surface area contributed by atoms with E-state index < -0.39 is 0 Å². The van der Waals surface area contributed by atoms with E-state index in [4.69, 9.17) is 5.11 Å². The van der Waals surface area contributed by atoms with Gasteiger partial charge >= 0.3 is 0 Å². The van der Waals surface area contributed by atoms with E-state index in [9.17, 15) is 4.79 Å². The van der Waals surface area contributed by atoms with Gasteiger partial charge in [-0.2, -0.15) is 5.10 Å². The molecule has 5 heteroatoms. The molecular weight excluding hydrogens is 242 g/mol. The molecule has 0 bridgehead atoms. The number of aromatic nitrogens is 2. The Morgan fingerprint density at radius 3 is 2.68 bits per heavy atom. The Kier molecular flexibility index (Phi) is 6.02. The highest BCUT2D eigenvalue weighted by Gasteiger charge is 2.16. The quantitative estimate of drug-likeness (QED) is 0.786. The van der Waals surface area contributed by atoms with Crippen molar-refractivity contribution >= 4 is 5.91 Å². The molecule has 0 fully saturated rings. The number of nitrogens with zero attached hydrogens (tertiary/aromatic N) is 2. The molecule has 0 radical (unpaired) electrons. The van der Waals surface area contributed by atoms with Crippen molar-refractivity contribution in [1.29, 1.82) is 0 Å². The molecule has 0 saturated carbocycles. The fourth-order valence-corrected chi connectivity index (χ4v) is 1.90. The third-order valence-corrected chi connectivity index (χ3v) is 2.99. The molecule has 0 saturated heterocycles. The minimum Gasteiger partial charge on any atom is -0.396 e. The Balaban J connectivity index is 2.77. The SMILES string of the molecule is CCc1c(C(=O)NCC(C)CO)cnn1CC(C)C. The molecule has 1 rings (SSSR count). The normalized spacial score (nSPS) is 12.7. The lowest BCUT2D eigenvalue weighted by Crippen LogP contribution is -2.30. The number of hydrogen-bond acceptors (Lipinski definition) is 3. The van der Waals surface area contributed by atoms with E-state index in [1.807, 2.05) is 18.5 Å². The molecule has 1 amide bonds. The predicted octanol–water partition coefficient (Wildman–Crippen LogP) is 1.46. The van der Waals surface area contributed by atoms with Gasteiger partial charge in [0.25, 0.3) is 5.91 Å². The molecule has 2 N–H and O–H groups in total. The maximum atomic E-state index is 12.1. The van der Waals surface area contributed by atoms with E-state index >= 15 is 0 Å². The van der Waals surface area contributed by atoms with Crippen molar-refractivity contribution < 1.29 is 9.90 Å². The van der Waals surface area contributed by atoms with E-state index in [0.29, 0.717) is 18.0 Å². The van der Waals surface area contributed by atoms with Gasteiger partial charge in [0, 0.05) is 19.7 Å². The zero-order valence-electron chi connectivity index (χ0n) is 12.3. The van der Waals surface area contributed by atoms with Gasteiger partial charge in [-0.3, -0.25) is 9.48 Å². The molecule has 19 heavy (non-hydrogen) atoms. The van der Waals surface area contributed by atoms with Crippen molar-refractivity contribution in [2.24, 2.45) is 11.8 Å². The molecule has 1 heterocycles. The molecule has 0 aliphatic heterocycles. The maximum absolute atomic E-state index is 12.1. The first-order chi connectivity index (χ1) is 8.99. The summed E-state index contributed by atoms with van der Waals surface area (Å²) < 4.78 is 1.91. The number of rotatable bonds is 7. The summed E-state index contributed by atoms with van der Waals surface area (Å²) in [5.74, 6) is 0.461. The van der Waals surface area contributed by atoms with Crippen molar-refractivity contribution in [2.45, 2.75) is 40.7 Å². The van der Waals surface area contributed by atoms with E-state index in [2.05, 4.69) is 24.3 Å². The van der Waals surface area contributed by atoms with Crippen LogP contribution < -0.4 is 5.32 Å². The van der Waals surface area contributed by atoms with Gasteiger partial charge < -0.3 is 10.4 Å². The third kappa shape index (κ3) is 4.35. The molecule has 1 aromatic rings. The van der Waals surface area contributed by atoms with E-state index in [-0.39, 0.29) is 18.4 Å². The zero-order chi connectivity index (χ0) is 14.4. The van der Waals surface area contributed by atoms with Crippen molar-refractivity contribution in [3.05, 3.63) is 17.5 Å². The lowest BCUT2D eigenvalue weighted by atomic mass is 10.1. The fourth-order valence-electron chi connectivity index (χ4n) is 1.90. The van der Waals surface area contributed by atoms with Crippen LogP contribution in [0.4, 0.5) is 0 Å². The summed E-state index contributed by atoms with van der Waals surface area (Å²) in [6, 6.07) is 0. The van der Waals surface area contributed by atoms with Crippen LogP contribution in [0.15, 0.2) is 6.20 Å². The molecule has 0 aliphatic carbocycles. The van der Waals surface area contributed by atoms with Crippen molar-refractivity contribution in [1.82, 2.24) is 15.1 Å². The van der Waals surface area contributed by atoms with Crippen LogP contribution in [0.2, 0.25) is 0 Å². The summed E-state index contributed by atoms with van der Waals surface area (Å²) >= 11 is 0. The molecule has 1 unspecified atom stereocenters. The highest BCUT2D eigenvalue weighted by atomic mass is 16.3. The standard InChI is InChI=1S/C14H25N3O2/c1-5-13-12(7-16-17(13)8-10(2)3)14(19)15-6-11(4)9-18/h7,10-11,18H,5-6,8-9H2,1-4H3,(H,15,19). The van der Waals surface area contributed by atoms with Crippen molar-refractivity contribution in [2.75, 3.05) is 13.2 Å². The zero-order valence-corrected chi connectivity index (χ0v) is 12.3. The molecular formula is C14H25N3O2. The van der Waals surface area contributed by atoms with Gasteiger partial charge in [-0.25, -0.2) is 0 Å². The van der Waals surface area contributed by atoms with E-state index in [0.717, 1.165) is 18.7 Å². The molecule has 0 spiro atoms. The Hall–Kier alpha value is -1.36. The minimum absolute atomic E-state index is 0.0692. The summed E-state index contributed by atoms with van der Waals surface area (Å²) in [6.07, 6.45) is 2.42. The Bertz CT molecular complexity index is 413. The summed E-state index contributed by atoms with van der Waals surface area (Å²) in [5, 5.41) is 16.1. The topological polar surface area (TPSA) is 67.2 Å². The Labute approximate surface area is 115 Å². The minimum atomic E-state index is -0.104. The number of aliphatic hydroxyl groups is 1. The Morgan fingerprint density at radius 2 is 2.16 bits per heavy atom. The van der Waals surface area contributed by atoms with Crippen molar-refractivity contribution in [3.8, 4) is 0 Å². The van der Waals surface area contributed by atoms with Crippen LogP contribution in [0.5, 0.6) is 0 Å². The first-order valence-electron chi connectivity index (χ1n) is 6.93. The van der Waals surface area contributed by atoms with Gasteiger partial charge in [-0.15, -0.1) is 0 Å². The summed E-state index contributed by atoms with van der Waals surface area (Å²) in [5.41, 5.74) is 1.62. The van der Waals surface area contributed by atoms with Crippen LogP contribution in [0.1, 0.15) is 43.7 Å². The molecule has 0 aromatic carbocycles. The van der Waals surface area contributed by atoms with Gasteiger partial charge in [0.2, 0.25) is 0 Å². The number of nitrogens with one attached hydrogen (secondary N) is 1. The van der Waals surface area contributed by atoms with Crippen LogP contribution in [-0.2, 0) is 13.0 Å². The summed E-state index contributed by atoms with van der Waals surface area (Å²) in [6.45, 7) is 9.56. The van der Waals surface area contributed by atoms with Gasteiger partial charge in [-0.1, -0.05) is 27.7 Å². The first-order valence-corrected chi connectivity index (χ1v) is 6.93. The number of carbonyl (C=O) groups is 1. The Morgan fingerprint density at radius 1 is 1.47 bits per heavy atom. The van der Waals surface area contributed by atoms with E-state index in [1.54, 1.807) is 6.20 Å². The van der Waals surface area contributed by atoms with Crippen LogP contribution in [0, 0.1) is 11.8 Å². The fraction of sp³-hybridized carbons (Fsp3) is 0.714. The van der Waals surface area contributed by atoms with Crippen LogP contribution in [0.25, 0.3) is 0 Å². The molecule has 0 aliphatic rings. The predicted molar refractivity (Wildman–Crippen MR) is 75.0 cm³/mol. The molecule has 5 nitrogen and oxygen atoms in total. The van der Waals surface area contributed by atoms with Gasteiger partial charge in [-0.05, 0) is 18.3 Å². The average Bonchev–Trinajstić information content (AvgIpc) is 2.77. The average molecular weight is 267 g/mol. The van der Waals surface area contributed by atoms with Crippen LogP contribution >= 0.6 is 0 Å². The van der Waals surface area contributed by atoms with Gasteiger partial charge in [0.15, 0.2) is 0 Å². The number of carbonyl (C=O) groups excluding carboxylic acids is 1. The lowest BCUT2D eigenvalue weighted by molar-refractivity contribution is 0.0941. The second kappa shape index (κ2) is 7.28. The van der Waals surface area contributed by atoms with Gasteiger partial charge in [0.1, 0.15) is 0 Å². The summed E-state index contributed by atoms with van der Waals surface area (Å²) in [7, 11) is 0. The number of amides is 1. The van der Waals surface area contributed by atoms with E-state index in [1.165, 1.54) is 0 Å². The molecule has 108 valence electrons. The van der Waals surface area contributed by atoms with Crippen LogP contribution in [-0.4, -0.2) is 33.9 Å². The largest absolute Gasteiger partial charge is 0.396 e. The highest BCUT2D eigenvalue weighted by molar-refractivity contribution is 5.95. The molecule has 1 aromatic heterocycles. The smallest absolute Gasteiger partial charge is 0.254 e.